The highest BCUT2D eigenvalue weighted by atomic mass is 32.2. The maximum Gasteiger partial charge on any atom is 0.294 e. The summed E-state index contributed by atoms with van der Waals surface area (Å²) in [7, 11) is 0. The van der Waals surface area contributed by atoms with Crippen LogP contribution in [0.25, 0.3) is 0 Å². The lowest BCUT2D eigenvalue weighted by Gasteiger charge is -2.33. The van der Waals surface area contributed by atoms with E-state index in [0.717, 1.165) is 31.5 Å². The summed E-state index contributed by atoms with van der Waals surface area (Å²) in [6.07, 6.45) is 5.30. The van der Waals surface area contributed by atoms with Crippen molar-refractivity contribution in [1.82, 2.24) is 0 Å². The van der Waals surface area contributed by atoms with Crippen molar-refractivity contribution >= 4 is 34.7 Å². The number of nitro benzene ring substituents is 1. The highest BCUT2D eigenvalue weighted by molar-refractivity contribution is 7.99. The third kappa shape index (κ3) is 2.90. The van der Waals surface area contributed by atoms with Gasteiger partial charge in [0.15, 0.2) is 0 Å². The Morgan fingerprint density at radius 2 is 2.05 bits per heavy atom. The van der Waals surface area contributed by atoms with Crippen LogP contribution in [0.15, 0.2) is 12.1 Å². The van der Waals surface area contributed by atoms with Gasteiger partial charge in [0, 0.05) is 30.8 Å². The number of hydrogen-bond donors (Lipinski definition) is 1. The van der Waals surface area contributed by atoms with E-state index in [1.54, 1.807) is 0 Å². The molecule has 0 bridgehead atoms. The first-order valence-corrected chi connectivity index (χ1v) is 8.76. The molecule has 0 saturated carbocycles. The zero-order chi connectivity index (χ0) is 15.7. The van der Waals surface area contributed by atoms with Gasteiger partial charge in [0.05, 0.1) is 10.6 Å². The number of amides is 1. The number of carbonyl (C=O) groups excluding carboxylic acids is 1. The molecular formula is C15H19N3O3S. The topological polar surface area (TPSA) is 75.5 Å². The molecule has 7 heteroatoms. The van der Waals surface area contributed by atoms with Gasteiger partial charge >= 0.3 is 0 Å². The number of benzene rings is 1. The molecule has 2 aliphatic rings. The first-order valence-electron chi connectivity index (χ1n) is 7.47. The van der Waals surface area contributed by atoms with Gasteiger partial charge in [-0.05, 0) is 37.1 Å². The van der Waals surface area contributed by atoms with Gasteiger partial charge < -0.3 is 10.2 Å². The first-order chi connectivity index (χ1) is 10.6. The maximum absolute atomic E-state index is 11.5. The monoisotopic (exact) mass is 321 g/mol. The molecule has 1 aromatic carbocycles. The molecule has 0 aliphatic carbocycles. The molecule has 1 saturated heterocycles. The fraction of sp³-hybridized carbons (Fsp3) is 0.533. The Kier molecular flexibility index (Phi) is 4.24. The number of hydrogen-bond acceptors (Lipinski definition) is 5. The summed E-state index contributed by atoms with van der Waals surface area (Å²) in [5, 5.41) is 14.8. The summed E-state index contributed by atoms with van der Waals surface area (Å²) >= 11 is 1.87. The average Bonchev–Trinajstić information content (AvgIpc) is 2.53. The molecule has 0 radical (unpaired) electrons. The summed E-state index contributed by atoms with van der Waals surface area (Å²) in [6, 6.07) is 3.41. The summed E-state index contributed by atoms with van der Waals surface area (Å²) < 4.78 is 0. The highest BCUT2D eigenvalue weighted by Crippen LogP contribution is 2.38. The van der Waals surface area contributed by atoms with Crippen LogP contribution in [0.2, 0.25) is 0 Å². The van der Waals surface area contributed by atoms with Gasteiger partial charge in [-0.2, -0.15) is 11.8 Å². The fourth-order valence-electron chi connectivity index (χ4n) is 3.14. The number of thioether (sulfide) groups is 1. The van der Waals surface area contributed by atoms with Crippen molar-refractivity contribution in [2.45, 2.75) is 30.9 Å². The number of nitro groups is 1. The predicted molar refractivity (Wildman–Crippen MR) is 88.8 cm³/mol. The zero-order valence-corrected chi connectivity index (χ0v) is 13.3. The highest BCUT2D eigenvalue weighted by Gasteiger charge is 2.28. The summed E-state index contributed by atoms with van der Waals surface area (Å²) in [5.74, 6) is -0.0738. The molecule has 1 fully saturated rings. The van der Waals surface area contributed by atoms with Crippen molar-refractivity contribution in [1.29, 1.82) is 0 Å². The molecule has 22 heavy (non-hydrogen) atoms. The standard InChI is InChI=1S/C15H19N3O3S/c1-22-11-4-6-17(7-5-11)13-8-10-2-3-15(19)16-12(10)9-14(13)18(20)21/h8-9,11H,2-7H2,1H3,(H,16,19). The van der Waals surface area contributed by atoms with Crippen LogP contribution in [0.1, 0.15) is 24.8 Å². The van der Waals surface area contributed by atoms with Crippen LogP contribution in [-0.4, -0.2) is 35.4 Å². The minimum Gasteiger partial charge on any atom is -0.366 e. The van der Waals surface area contributed by atoms with Gasteiger partial charge in [-0.15, -0.1) is 0 Å². The van der Waals surface area contributed by atoms with Crippen LogP contribution in [0.4, 0.5) is 17.1 Å². The minimum absolute atomic E-state index is 0.0738. The van der Waals surface area contributed by atoms with E-state index < -0.39 is 0 Å². The molecule has 0 aromatic heterocycles. The molecule has 2 heterocycles. The van der Waals surface area contributed by atoms with Crippen LogP contribution in [0.5, 0.6) is 0 Å². The number of anilines is 2. The van der Waals surface area contributed by atoms with Gasteiger partial charge in [0.25, 0.3) is 5.69 Å². The van der Waals surface area contributed by atoms with Crippen molar-refractivity contribution in [3.8, 4) is 0 Å². The summed E-state index contributed by atoms with van der Waals surface area (Å²) in [5.41, 5.74) is 2.36. The third-order valence-electron chi connectivity index (χ3n) is 4.41. The summed E-state index contributed by atoms with van der Waals surface area (Å²) in [4.78, 5) is 24.6. The van der Waals surface area contributed by atoms with Crippen LogP contribution in [-0.2, 0) is 11.2 Å². The SMILES string of the molecule is CSC1CCN(c2cc3c(cc2[N+](=O)[O-])NC(=O)CC3)CC1. The maximum atomic E-state index is 11.5. The van der Waals surface area contributed by atoms with Gasteiger partial charge in [0.2, 0.25) is 5.91 Å². The molecule has 1 amide bonds. The Morgan fingerprint density at radius 3 is 2.68 bits per heavy atom. The van der Waals surface area contributed by atoms with Crippen molar-refractivity contribution in [3.05, 3.63) is 27.8 Å². The number of rotatable bonds is 3. The van der Waals surface area contributed by atoms with Crippen molar-refractivity contribution < 1.29 is 9.72 Å². The smallest absolute Gasteiger partial charge is 0.294 e. The number of fused-ring (bicyclic) bond motifs is 1. The van der Waals surface area contributed by atoms with Crippen molar-refractivity contribution in [2.75, 3.05) is 29.6 Å². The lowest BCUT2D eigenvalue weighted by Crippen LogP contribution is -2.35. The number of carbonyl (C=O) groups is 1. The normalized spacial score (nSPS) is 18.8. The summed E-state index contributed by atoms with van der Waals surface area (Å²) in [6.45, 7) is 1.69. The molecule has 1 aromatic rings. The van der Waals surface area contributed by atoms with Crippen LogP contribution in [0.3, 0.4) is 0 Å². The number of nitrogens with zero attached hydrogens (tertiary/aromatic N) is 2. The molecule has 2 aliphatic heterocycles. The van der Waals surface area contributed by atoms with Gasteiger partial charge in [0.1, 0.15) is 5.69 Å². The fourth-order valence-corrected chi connectivity index (χ4v) is 3.82. The molecule has 0 spiro atoms. The second-order valence-corrected chi connectivity index (χ2v) is 6.86. The van der Waals surface area contributed by atoms with Gasteiger partial charge in [-0.3, -0.25) is 14.9 Å². The Balaban J connectivity index is 1.93. The van der Waals surface area contributed by atoms with E-state index in [-0.39, 0.29) is 16.5 Å². The quantitative estimate of drug-likeness (QED) is 0.684. The van der Waals surface area contributed by atoms with Crippen molar-refractivity contribution in [2.24, 2.45) is 0 Å². The first kappa shape index (κ1) is 15.1. The number of aryl methyl sites for hydroxylation is 1. The van der Waals surface area contributed by atoms with E-state index in [4.69, 9.17) is 0 Å². The Bertz CT molecular complexity index is 612. The Morgan fingerprint density at radius 1 is 1.32 bits per heavy atom. The lowest BCUT2D eigenvalue weighted by atomic mass is 10.00. The van der Waals surface area contributed by atoms with E-state index in [1.807, 2.05) is 17.8 Å². The second kappa shape index (κ2) is 6.16. The molecule has 6 nitrogen and oxygen atoms in total. The van der Waals surface area contributed by atoms with Crippen LogP contribution >= 0.6 is 11.8 Å². The Hall–Kier alpha value is -1.76. The molecule has 118 valence electrons. The molecule has 3 rings (SSSR count). The lowest BCUT2D eigenvalue weighted by molar-refractivity contribution is -0.384. The van der Waals surface area contributed by atoms with Crippen molar-refractivity contribution in [3.63, 3.8) is 0 Å². The van der Waals surface area contributed by atoms with Gasteiger partial charge in [-0.25, -0.2) is 0 Å². The number of piperidine rings is 1. The zero-order valence-electron chi connectivity index (χ0n) is 12.5. The van der Waals surface area contributed by atoms with E-state index in [1.165, 1.54) is 6.07 Å². The molecule has 1 N–H and O–H groups in total. The minimum atomic E-state index is -0.350. The molecular weight excluding hydrogens is 302 g/mol. The van der Waals surface area contributed by atoms with Crippen LogP contribution in [0, 0.1) is 10.1 Å². The van der Waals surface area contributed by atoms with Gasteiger partial charge in [-0.1, -0.05) is 0 Å². The van der Waals surface area contributed by atoms with E-state index >= 15 is 0 Å². The van der Waals surface area contributed by atoms with E-state index in [0.29, 0.717) is 29.5 Å². The van der Waals surface area contributed by atoms with E-state index in [2.05, 4.69) is 16.5 Å². The predicted octanol–water partition coefficient (Wildman–Crippen LogP) is 2.81. The molecule has 0 unspecified atom stereocenters. The third-order valence-corrected chi connectivity index (χ3v) is 5.55. The van der Waals surface area contributed by atoms with Crippen LogP contribution < -0.4 is 10.2 Å². The second-order valence-electron chi connectivity index (χ2n) is 5.73. The Labute approximate surface area is 133 Å². The largest absolute Gasteiger partial charge is 0.366 e. The number of nitrogens with one attached hydrogen (secondary N) is 1. The van der Waals surface area contributed by atoms with E-state index in [9.17, 15) is 14.9 Å². The molecule has 0 atom stereocenters. The average molecular weight is 321 g/mol.